The normalized spacial score (nSPS) is 12.8. The highest BCUT2D eigenvalue weighted by atomic mass is 16.5. The number of carbonyl (C=O) groups excluding carboxylic acids is 2. The van der Waals surface area contributed by atoms with Crippen LogP contribution in [0.4, 0.5) is 16.3 Å². The number of urea groups is 1. The van der Waals surface area contributed by atoms with E-state index in [1.807, 2.05) is 12.1 Å². The van der Waals surface area contributed by atoms with Gasteiger partial charge in [-0.25, -0.2) is 9.48 Å². The molecule has 0 aliphatic carbocycles. The summed E-state index contributed by atoms with van der Waals surface area (Å²) in [6.45, 7) is 8.09. The molecule has 0 saturated carbocycles. The van der Waals surface area contributed by atoms with Crippen LogP contribution in [0.1, 0.15) is 48.1 Å². The van der Waals surface area contributed by atoms with E-state index < -0.39 is 0 Å². The first-order chi connectivity index (χ1) is 19.2. The van der Waals surface area contributed by atoms with Gasteiger partial charge in [-0.1, -0.05) is 26.8 Å². The molecular formula is C30H33N7O3. The van der Waals surface area contributed by atoms with Crippen LogP contribution in [0, 0.1) is 0 Å². The van der Waals surface area contributed by atoms with E-state index >= 15 is 0 Å². The van der Waals surface area contributed by atoms with Gasteiger partial charge in [-0.2, -0.15) is 5.10 Å². The van der Waals surface area contributed by atoms with Crippen molar-refractivity contribution in [3.63, 3.8) is 0 Å². The number of benzene rings is 2. The number of hydrogen-bond donors (Lipinski definition) is 4. The quantitative estimate of drug-likeness (QED) is 0.273. The van der Waals surface area contributed by atoms with Gasteiger partial charge in [0.1, 0.15) is 23.0 Å². The van der Waals surface area contributed by atoms with Crippen molar-refractivity contribution in [1.82, 2.24) is 25.4 Å². The van der Waals surface area contributed by atoms with Gasteiger partial charge < -0.3 is 20.7 Å². The predicted molar refractivity (Wildman–Crippen MR) is 154 cm³/mol. The van der Waals surface area contributed by atoms with Crippen LogP contribution >= 0.6 is 0 Å². The maximum absolute atomic E-state index is 13.0. The van der Waals surface area contributed by atoms with Crippen molar-refractivity contribution in [2.75, 3.05) is 24.2 Å². The molecule has 0 spiro atoms. The summed E-state index contributed by atoms with van der Waals surface area (Å²) >= 11 is 0. The molecule has 0 fully saturated rings. The molecule has 0 radical (unpaired) electrons. The van der Waals surface area contributed by atoms with Crippen LogP contribution in [0.3, 0.4) is 0 Å². The Morgan fingerprint density at radius 2 is 1.75 bits per heavy atom. The summed E-state index contributed by atoms with van der Waals surface area (Å²) in [7, 11) is 1.54. The van der Waals surface area contributed by atoms with E-state index in [-0.39, 0.29) is 23.0 Å². The first-order valence-electron chi connectivity index (χ1n) is 13.2. The average molecular weight is 540 g/mol. The Bertz CT molecular complexity index is 1540. The fraction of sp³-hybridized carbons (Fsp3) is 0.267. The Morgan fingerprint density at radius 1 is 0.950 bits per heavy atom. The van der Waals surface area contributed by atoms with Gasteiger partial charge in [0.25, 0.3) is 5.91 Å². The maximum Gasteiger partial charge on any atom is 0.324 e. The Hall–Kier alpha value is -4.70. The van der Waals surface area contributed by atoms with E-state index in [1.165, 1.54) is 17.3 Å². The number of anilines is 2. The third-order valence-electron chi connectivity index (χ3n) is 6.58. The summed E-state index contributed by atoms with van der Waals surface area (Å²) in [6, 6.07) is 18.0. The molecule has 2 aromatic carbocycles. The van der Waals surface area contributed by atoms with Crippen molar-refractivity contribution in [2.24, 2.45) is 0 Å². The standard InChI is InChI=1S/C30H33N7O3/c1-30(2,3)26-17-27(37(36-26)22-8-5-20-18-32-13-11-19(20)15-22)35-29(39)34-21-6-9-23(10-7-21)40-24-12-14-33-25(16-24)28(38)31-4/h5-10,12,14-17,32H,11,13,18H2,1-4H3,(H,31,38)(H2,34,35,39). The molecule has 206 valence electrons. The molecule has 0 atom stereocenters. The Morgan fingerprint density at radius 3 is 2.50 bits per heavy atom. The fourth-order valence-corrected chi connectivity index (χ4v) is 4.38. The van der Waals surface area contributed by atoms with Crippen molar-refractivity contribution >= 4 is 23.4 Å². The molecule has 5 rings (SSSR count). The number of fused-ring (bicyclic) bond motifs is 1. The SMILES string of the molecule is CNC(=O)c1cc(Oc2ccc(NC(=O)Nc3cc(C(C)(C)C)nn3-c3ccc4c(c3)CCNC4)cc2)ccn1. The Kier molecular flexibility index (Phi) is 7.52. The van der Waals surface area contributed by atoms with Gasteiger partial charge in [-0.3, -0.25) is 15.1 Å². The largest absolute Gasteiger partial charge is 0.457 e. The second kappa shape index (κ2) is 11.2. The number of hydrogen-bond acceptors (Lipinski definition) is 6. The molecule has 3 amide bonds. The molecule has 3 heterocycles. The number of ether oxygens (including phenoxy) is 1. The first-order valence-corrected chi connectivity index (χ1v) is 13.2. The third-order valence-corrected chi connectivity index (χ3v) is 6.58. The van der Waals surface area contributed by atoms with E-state index in [0.29, 0.717) is 23.0 Å². The number of rotatable bonds is 6. The van der Waals surface area contributed by atoms with Crippen molar-refractivity contribution in [1.29, 1.82) is 0 Å². The van der Waals surface area contributed by atoms with Crippen molar-refractivity contribution < 1.29 is 14.3 Å². The number of nitrogens with one attached hydrogen (secondary N) is 4. The zero-order valence-electron chi connectivity index (χ0n) is 23.0. The van der Waals surface area contributed by atoms with Gasteiger partial charge in [0, 0.05) is 43.0 Å². The molecular weight excluding hydrogens is 506 g/mol. The molecule has 10 heteroatoms. The third kappa shape index (κ3) is 6.13. The van der Waals surface area contributed by atoms with Crippen LogP contribution in [0.2, 0.25) is 0 Å². The van der Waals surface area contributed by atoms with Gasteiger partial charge in [-0.05, 0) is 66.6 Å². The van der Waals surface area contributed by atoms with E-state index in [0.717, 1.165) is 30.9 Å². The predicted octanol–water partition coefficient (Wildman–Crippen LogP) is 5.01. The summed E-state index contributed by atoms with van der Waals surface area (Å²) < 4.78 is 7.64. The summed E-state index contributed by atoms with van der Waals surface area (Å²) in [4.78, 5) is 28.9. The highest BCUT2D eigenvalue weighted by Crippen LogP contribution is 2.28. The molecule has 0 bridgehead atoms. The highest BCUT2D eigenvalue weighted by molar-refractivity contribution is 5.99. The number of amides is 3. The number of nitrogens with zero attached hydrogens (tertiary/aromatic N) is 3. The van der Waals surface area contributed by atoms with E-state index in [4.69, 9.17) is 9.84 Å². The number of aromatic nitrogens is 3. The van der Waals surface area contributed by atoms with E-state index in [9.17, 15) is 9.59 Å². The van der Waals surface area contributed by atoms with Gasteiger partial charge in [0.05, 0.1) is 11.4 Å². The number of carbonyl (C=O) groups is 2. The zero-order valence-corrected chi connectivity index (χ0v) is 23.0. The van der Waals surface area contributed by atoms with Gasteiger partial charge in [-0.15, -0.1) is 0 Å². The summed E-state index contributed by atoms with van der Waals surface area (Å²) in [6.07, 6.45) is 2.47. The molecule has 4 N–H and O–H groups in total. The van der Waals surface area contributed by atoms with Crippen LogP contribution in [-0.2, 0) is 18.4 Å². The van der Waals surface area contributed by atoms with Gasteiger partial charge in [0.15, 0.2) is 0 Å². The minimum atomic E-state index is -0.387. The smallest absolute Gasteiger partial charge is 0.324 e. The van der Waals surface area contributed by atoms with Crippen molar-refractivity contribution in [2.45, 2.75) is 39.2 Å². The van der Waals surface area contributed by atoms with Crippen molar-refractivity contribution in [3.8, 4) is 17.2 Å². The molecule has 0 saturated heterocycles. The second-order valence-electron chi connectivity index (χ2n) is 10.6. The van der Waals surface area contributed by atoms with Crippen LogP contribution in [0.25, 0.3) is 5.69 Å². The lowest BCUT2D eigenvalue weighted by atomic mass is 9.92. The molecule has 40 heavy (non-hydrogen) atoms. The van der Waals surface area contributed by atoms with Crippen LogP contribution in [-0.4, -0.2) is 40.3 Å². The summed E-state index contributed by atoms with van der Waals surface area (Å²) in [5.74, 6) is 1.32. The molecule has 1 aliphatic rings. The second-order valence-corrected chi connectivity index (χ2v) is 10.6. The zero-order chi connectivity index (χ0) is 28.3. The number of pyridine rings is 1. The fourth-order valence-electron chi connectivity index (χ4n) is 4.38. The molecule has 4 aromatic rings. The van der Waals surface area contributed by atoms with Crippen LogP contribution in [0.5, 0.6) is 11.5 Å². The lowest BCUT2D eigenvalue weighted by molar-refractivity contribution is 0.0957. The lowest BCUT2D eigenvalue weighted by Gasteiger charge is -2.18. The van der Waals surface area contributed by atoms with Gasteiger partial charge in [0.2, 0.25) is 0 Å². The maximum atomic E-state index is 13.0. The van der Waals surface area contributed by atoms with E-state index in [2.05, 4.69) is 59.2 Å². The highest BCUT2D eigenvalue weighted by Gasteiger charge is 2.22. The molecule has 10 nitrogen and oxygen atoms in total. The topological polar surface area (TPSA) is 122 Å². The Balaban J connectivity index is 1.30. The first kappa shape index (κ1) is 26.9. The lowest BCUT2D eigenvalue weighted by Crippen LogP contribution is -2.24. The minimum absolute atomic E-state index is 0.192. The van der Waals surface area contributed by atoms with E-state index in [1.54, 1.807) is 48.1 Å². The molecule has 1 aliphatic heterocycles. The van der Waals surface area contributed by atoms with Crippen molar-refractivity contribution in [3.05, 3.63) is 89.4 Å². The minimum Gasteiger partial charge on any atom is -0.457 e. The van der Waals surface area contributed by atoms with Gasteiger partial charge >= 0.3 is 6.03 Å². The Labute approximate surface area is 233 Å². The summed E-state index contributed by atoms with van der Waals surface area (Å²) in [5.41, 5.74) is 5.02. The van der Waals surface area contributed by atoms with Crippen LogP contribution in [0.15, 0.2) is 66.9 Å². The van der Waals surface area contributed by atoms with Crippen LogP contribution < -0.4 is 26.0 Å². The molecule has 0 unspecified atom stereocenters. The monoisotopic (exact) mass is 539 g/mol. The average Bonchev–Trinajstić information content (AvgIpc) is 3.38. The summed E-state index contributed by atoms with van der Waals surface area (Å²) in [5, 5.41) is 16.6. The molecule has 2 aromatic heterocycles.